The predicted molar refractivity (Wildman–Crippen MR) is 155 cm³/mol. The van der Waals surface area contributed by atoms with Crippen molar-refractivity contribution >= 4 is 11.4 Å². The molecule has 0 saturated carbocycles. The number of likely N-dealkylation sites (N-methyl/N-ethyl adjacent to an activating group) is 1. The molecular weight excluding hydrogens is 500 g/mol. The molecule has 218 valence electrons. The van der Waals surface area contributed by atoms with Gasteiger partial charge in [0, 0.05) is 58.9 Å². The van der Waals surface area contributed by atoms with Gasteiger partial charge in [0.25, 0.3) is 10.9 Å². The number of rotatable bonds is 16. The monoisotopic (exact) mass is 546 g/mol. The SMILES string of the molecule is COCCCOc1cc(C[C@@H](C[C@H](N)[C@@H](O)CNc2c(N3CCN(C)CC3)c(=O)c2=O)C(C)C)ccc1OC. The number of hydrogen-bond acceptors (Lipinski definition) is 10. The molecule has 0 amide bonds. The Morgan fingerprint density at radius 1 is 1.05 bits per heavy atom. The summed E-state index contributed by atoms with van der Waals surface area (Å²) >= 11 is 0. The molecule has 3 rings (SSSR count). The van der Waals surface area contributed by atoms with E-state index in [1.165, 1.54) is 0 Å². The van der Waals surface area contributed by atoms with E-state index in [0.29, 0.717) is 61.5 Å². The molecule has 1 heterocycles. The molecule has 1 fully saturated rings. The lowest BCUT2D eigenvalue weighted by Gasteiger charge is -2.35. The first-order chi connectivity index (χ1) is 18.7. The topological polar surface area (TPSA) is 127 Å². The highest BCUT2D eigenvalue weighted by atomic mass is 16.5. The quantitative estimate of drug-likeness (QED) is 0.210. The number of ether oxygens (including phenoxy) is 3. The molecule has 4 N–H and O–H groups in total. The zero-order valence-corrected chi connectivity index (χ0v) is 24.1. The third-order valence-corrected chi connectivity index (χ3v) is 7.68. The molecule has 10 heteroatoms. The van der Waals surface area contributed by atoms with Gasteiger partial charge in [-0.2, -0.15) is 0 Å². The third kappa shape index (κ3) is 8.17. The number of anilines is 2. The van der Waals surface area contributed by atoms with Crippen LogP contribution in [0.3, 0.4) is 0 Å². The second kappa shape index (κ2) is 14.6. The number of nitrogens with zero attached hydrogens (tertiary/aromatic N) is 2. The fraction of sp³-hybridized carbons (Fsp3) is 0.655. The van der Waals surface area contributed by atoms with E-state index in [9.17, 15) is 14.7 Å². The first-order valence-corrected chi connectivity index (χ1v) is 13.9. The fourth-order valence-electron chi connectivity index (χ4n) is 4.98. The molecule has 10 nitrogen and oxygen atoms in total. The minimum atomic E-state index is -0.869. The van der Waals surface area contributed by atoms with Crippen molar-refractivity contribution in [2.24, 2.45) is 17.6 Å². The molecule has 1 aliphatic rings. The summed E-state index contributed by atoms with van der Waals surface area (Å²) in [6.45, 7) is 8.63. The summed E-state index contributed by atoms with van der Waals surface area (Å²) in [5, 5.41) is 13.9. The van der Waals surface area contributed by atoms with E-state index in [0.717, 1.165) is 31.5 Å². The van der Waals surface area contributed by atoms with Crippen LogP contribution < -0.4 is 36.3 Å². The van der Waals surface area contributed by atoms with Crippen LogP contribution in [0.4, 0.5) is 11.4 Å². The van der Waals surface area contributed by atoms with E-state index in [4.69, 9.17) is 19.9 Å². The van der Waals surface area contributed by atoms with Crippen molar-refractivity contribution < 1.29 is 19.3 Å². The Balaban J connectivity index is 1.58. The summed E-state index contributed by atoms with van der Waals surface area (Å²) in [7, 11) is 5.33. The van der Waals surface area contributed by atoms with Crippen molar-refractivity contribution in [3.63, 3.8) is 0 Å². The zero-order valence-electron chi connectivity index (χ0n) is 24.1. The standard InChI is InChI=1S/C29H46N4O6/c1-19(2)21(15-20-7-8-24(38-5)25(16-20)39-14-6-13-37-4)17-22(30)23(34)18-31-26-27(29(36)28(26)35)33-11-9-32(3)10-12-33/h7-8,16,19,21-23,31,34H,6,9-15,17-18,30H2,1-5H3/t21-,22-,23-/m0/s1. The number of hydrogen-bond donors (Lipinski definition) is 3. The normalized spacial score (nSPS) is 16.9. The molecule has 2 aromatic carbocycles. The van der Waals surface area contributed by atoms with Crippen LogP contribution in [0, 0.1) is 11.8 Å². The van der Waals surface area contributed by atoms with Crippen LogP contribution in [0.2, 0.25) is 0 Å². The van der Waals surface area contributed by atoms with Crippen LogP contribution in [-0.4, -0.2) is 89.4 Å². The maximum Gasteiger partial charge on any atom is 0.253 e. The lowest BCUT2D eigenvalue weighted by molar-refractivity contribution is 0.137. The number of piperazine rings is 1. The Labute approximate surface area is 231 Å². The van der Waals surface area contributed by atoms with Crippen LogP contribution in [0.25, 0.3) is 0 Å². The fourth-order valence-corrected chi connectivity index (χ4v) is 4.98. The second-order valence-corrected chi connectivity index (χ2v) is 10.9. The van der Waals surface area contributed by atoms with E-state index in [1.54, 1.807) is 14.2 Å². The van der Waals surface area contributed by atoms with Gasteiger partial charge in [-0.05, 0) is 49.4 Å². The predicted octanol–water partition coefficient (Wildman–Crippen LogP) is 1.46. The van der Waals surface area contributed by atoms with E-state index in [1.807, 2.05) is 30.1 Å². The summed E-state index contributed by atoms with van der Waals surface area (Å²) in [6.07, 6.45) is 1.29. The smallest absolute Gasteiger partial charge is 0.253 e. The van der Waals surface area contributed by atoms with Crippen molar-refractivity contribution in [3.05, 3.63) is 44.2 Å². The molecule has 0 aliphatic carbocycles. The number of nitrogens with one attached hydrogen (secondary N) is 1. The third-order valence-electron chi connectivity index (χ3n) is 7.68. The zero-order chi connectivity index (χ0) is 28.5. The maximum absolute atomic E-state index is 12.3. The Morgan fingerprint density at radius 3 is 2.41 bits per heavy atom. The highest BCUT2D eigenvalue weighted by Crippen LogP contribution is 2.31. The van der Waals surface area contributed by atoms with Crippen molar-refractivity contribution in [3.8, 4) is 11.5 Å². The highest BCUT2D eigenvalue weighted by Gasteiger charge is 2.29. The Hall–Kier alpha value is -2.66. The Bertz CT molecular complexity index is 1110. The van der Waals surface area contributed by atoms with E-state index < -0.39 is 23.0 Å². The van der Waals surface area contributed by atoms with Crippen LogP contribution >= 0.6 is 0 Å². The molecule has 1 saturated heterocycles. The Kier molecular flexibility index (Phi) is 11.6. The molecule has 0 spiro atoms. The highest BCUT2D eigenvalue weighted by molar-refractivity contribution is 5.75. The molecule has 39 heavy (non-hydrogen) atoms. The summed E-state index contributed by atoms with van der Waals surface area (Å²) in [5.74, 6) is 1.94. The molecular formula is C29H46N4O6. The summed E-state index contributed by atoms with van der Waals surface area (Å²) in [6, 6.07) is 5.47. The number of benzene rings is 1. The molecule has 3 atom stereocenters. The molecule has 0 bridgehead atoms. The van der Waals surface area contributed by atoms with Gasteiger partial charge in [-0.15, -0.1) is 0 Å². The van der Waals surface area contributed by atoms with Gasteiger partial charge in [-0.25, -0.2) is 0 Å². The van der Waals surface area contributed by atoms with Crippen molar-refractivity contribution in [1.29, 1.82) is 0 Å². The van der Waals surface area contributed by atoms with E-state index in [2.05, 4.69) is 24.1 Å². The summed E-state index contributed by atoms with van der Waals surface area (Å²) in [4.78, 5) is 28.7. The molecule has 0 radical (unpaired) electrons. The number of aliphatic hydroxyl groups is 1. The van der Waals surface area contributed by atoms with E-state index >= 15 is 0 Å². The summed E-state index contributed by atoms with van der Waals surface area (Å²) in [5.41, 5.74) is 7.31. The van der Waals surface area contributed by atoms with Gasteiger partial charge in [0.15, 0.2) is 11.5 Å². The van der Waals surface area contributed by atoms with Crippen LogP contribution in [0.1, 0.15) is 32.3 Å². The van der Waals surface area contributed by atoms with Crippen molar-refractivity contribution in [2.45, 2.75) is 45.3 Å². The van der Waals surface area contributed by atoms with Gasteiger partial charge in [0.1, 0.15) is 11.4 Å². The molecule has 0 aromatic heterocycles. The van der Waals surface area contributed by atoms with E-state index in [-0.39, 0.29) is 12.5 Å². The lowest BCUT2D eigenvalue weighted by Crippen LogP contribution is -2.51. The maximum atomic E-state index is 12.3. The van der Waals surface area contributed by atoms with Gasteiger partial charge < -0.3 is 40.2 Å². The average molecular weight is 547 g/mol. The lowest BCUT2D eigenvalue weighted by atomic mass is 9.83. The van der Waals surface area contributed by atoms with Gasteiger partial charge >= 0.3 is 0 Å². The minimum absolute atomic E-state index is 0.111. The first-order valence-electron chi connectivity index (χ1n) is 13.9. The number of nitrogens with two attached hydrogens (primary N) is 1. The molecule has 1 aliphatic heterocycles. The molecule has 0 unspecified atom stereocenters. The van der Waals surface area contributed by atoms with Gasteiger partial charge in [-0.3, -0.25) is 9.59 Å². The second-order valence-electron chi connectivity index (χ2n) is 10.9. The molecule has 2 aromatic rings. The van der Waals surface area contributed by atoms with Gasteiger partial charge in [0.2, 0.25) is 0 Å². The van der Waals surface area contributed by atoms with Crippen molar-refractivity contribution in [1.82, 2.24) is 4.90 Å². The first kappa shape index (κ1) is 30.9. The van der Waals surface area contributed by atoms with Gasteiger partial charge in [-0.1, -0.05) is 19.9 Å². The summed E-state index contributed by atoms with van der Waals surface area (Å²) < 4.78 is 16.5. The van der Waals surface area contributed by atoms with Gasteiger partial charge in [0.05, 0.1) is 19.8 Å². The van der Waals surface area contributed by atoms with Crippen LogP contribution in [0.5, 0.6) is 11.5 Å². The van der Waals surface area contributed by atoms with Crippen molar-refractivity contribution in [2.75, 3.05) is 77.4 Å². The number of methoxy groups -OCH3 is 2. The average Bonchev–Trinajstić information content (AvgIpc) is 2.93. The minimum Gasteiger partial charge on any atom is -0.493 e. The number of aliphatic hydroxyl groups excluding tert-OH is 1. The van der Waals surface area contributed by atoms with Crippen LogP contribution in [0.15, 0.2) is 27.8 Å². The Morgan fingerprint density at radius 2 is 1.77 bits per heavy atom. The van der Waals surface area contributed by atoms with Crippen LogP contribution in [-0.2, 0) is 11.2 Å². The largest absolute Gasteiger partial charge is 0.493 e.